The minimum absolute atomic E-state index is 0.110. The lowest BCUT2D eigenvalue weighted by Gasteiger charge is -2.50. The number of anilines is 1. The molecule has 1 saturated carbocycles. The number of fused-ring (bicyclic) bond motifs is 4. The fraction of sp³-hybridized carbons (Fsp3) is 0.362. The second-order valence-electron chi connectivity index (χ2n) is 16.6. The number of aryl methyl sites for hydroxylation is 3. The zero-order valence-corrected chi connectivity index (χ0v) is 32.2. The minimum Gasteiger partial charge on any atom is -0.507 e. The molecule has 4 fully saturated rings. The maximum Gasteiger partial charge on any atom is 0.260 e. The molecule has 0 bridgehead atoms. The summed E-state index contributed by atoms with van der Waals surface area (Å²) in [4.78, 5) is 63.6. The fourth-order valence-electron chi connectivity index (χ4n) is 10.8. The zero-order valence-electron chi connectivity index (χ0n) is 32.2. The Morgan fingerprint density at radius 3 is 2.07 bits per heavy atom. The van der Waals surface area contributed by atoms with Crippen molar-refractivity contribution in [1.82, 2.24) is 14.8 Å². The number of phenols is 1. The number of piperidine rings is 1. The van der Waals surface area contributed by atoms with Gasteiger partial charge in [-0.2, -0.15) is 5.01 Å². The smallest absolute Gasteiger partial charge is 0.260 e. The summed E-state index contributed by atoms with van der Waals surface area (Å²) in [5, 5.41) is 12.1. The van der Waals surface area contributed by atoms with E-state index in [1.54, 1.807) is 4.90 Å². The van der Waals surface area contributed by atoms with Gasteiger partial charge in [-0.3, -0.25) is 34.4 Å². The molecule has 2 aliphatic carbocycles. The van der Waals surface area contributed by atoms with E-state index in [1.807, 2.05) is 106 Å². The molecule has 9 rings (SSSR count). The number of hydrazine groups is 1. The summed E-state index contributed by atoms with van der Waals surface area (Å²) in [5.41, 5.74) is 8.53. The molecule has 56 heavy (non-hydrogen) atoms. The van der Waals surface area contributed by atoms with Gasteiger partial charge in [-0.05, 0) is 92.3 Å². The summed E-state index contributed by atoms with van der Waals surface area (Å²) >= 11 is 0. The topological polar surface area (TPSA) is 110 Å². The number of rotatable bonds is 7. The van der Waals surface area contributed by atoms with Gasteiger partial charge < -0.3 is 5.11 Å². The Kier molecular flexibility index (Phi) is 8.96. The molecule has 5 aliphatic rings. The molecule has 0 aromatic heterocycles. The molecule has 0 unspecified atom stereocenters. The van der Waals surface area contributed by atoms with Crippen LogP contribution in [0.3, 0.4) is 0 Å². The van der Waals surface area contributed by atoms with Crippen LogP contribution < -0.4 is 5.43 Å². The molecule has 2 N–H and O–H groups in total. The van der Waals surface area contributed by atoms with Crippen molar-refractivity contribution >= 4 is 29.3 Å². The predicted molar refractivity (Wildman–Crippen MR) is 213 cm³/mol. The highest BCUT2D eigenvalue weighted by molar-refractivity contribution is 6.13. The van der Waals surface area contributed by atoms with Crippen LogP contribution in [-0.2, 0) is 31.1 Å². The van der Waals surface area contributed by atoms with Crippen molar-refractivity contribution < 1.29 is 24.3 Å². The largest absolute Gasteiger partial charge is 0.507 e. The number of hydrogen-bond donors (Lipinski definition) is 2. The monoisotopic (exact) mass is 748 g/mol. The molecule has 286 valence electrons. The number of carbonyl (C=O) groups excluding carboxylic acids is 4. The maximum atomic E-state index is 15.4. The SMILES string of the molecule is Cc1ccc(NN2C(=O)[C@@H]3C[C@@H]4C(=CC[C@@H]5C(=O)N(C6CCN(Cc7ccccc7)CC6)C(=O)[C@@H]54)[C@H](c4cc(C)c(O)c(C)c4)[C@]3(c3ccccc3)C2=O)cc1. The van der Waals surface area contributed by atoms with Crippen LogP contribution in [-0.4, -0.2) is 62.7 Å². The summed E-state index contributed by atoms with van der Waals surface area (Å²) in [6.45, 7) is 8.10. The van der Waals surface area contributed by atoms with Gasteiger partial charge in [0.15, 0.2) is 0 Å². The Balaban J connectivity index is 1.11. The number of nitrogens with zero attached hydrogens (tertiary/aromatic N) is 3. The standard InChI is InChI=1S/C47H48N4O5/c1-28-14-16-34(17-15-28)48-51-44(54)39-26-38-36(41(32-24-29(2)42(52)30(3)25-32)47(39,46(51)56)33-12-8-5-9-13-33)18-19-37-40(38)45(55)50(43(37)53)35-20-22-49(23-21-35)27-31-10-6-4-7-11-31/h4-18,24-25,35,37-41,48,52H,19-23,26-27H2,1-3H3/t37-,38+,39-,40-,41-,47+/m0/s1. The quantitative estimate of drug-likeness (QED) is 0.155. The van der Waals surface area contributed by atoms with Gasteiger partial charge in [-0.25, -0.2) is 0 Å². The predicted octanol–water partition coefficient (Wildman–Crippen LogP) is 6.97. The number of nitrogens with one attached hydrogen (secondary N) is 1. The normalized spacial score (nSPS) is 27.9. The van der Waals surface area contributed by atoms with Gasteiger partial charge in [-0.1, -0.05) is 102 Å². The highest BCUT2D eigenvalue weighted by Crippen LogP contribution is 2.64. The third-order valence-electron chi connectivity index (χ3n) is 13.4. The summed E-state index contributed by atoms with van der Waals surface area (Å²) in [5.74, 6) is -3.80. The van der Waals surface area contributed by atoms with E-state index >= 15 is 4.79 Å². The Bertz CT molecular complexity index is 2220. The summed E-state index contributed by atoms with van der Waals surface area (Å²) in [7, 11) is 0. The summed E-state index contributed by atoms with van der Waals surface area (Å²) < 4.78 is 0. The van der Waals surface area contributed by atoms with Crippen molar-refractivity contribution in [3.8, 4) is 5.75 Å². The Hall–Kier alpha value is -5.54. The third-order valence-corrected chi connectivity index (χ3v) is 13.4. The molecule has 0 spiro atoms. The molecule has 6 atom stereocenters. The maximum absolute atomic E-state index is 15.4. The zero-order chi connectivity index (χ0) is 38.9. The lowest BCUT2D eigenvalue weighted by atomic mass is 9.49. The molecule has 0 radical (unpaired) electrons. The number of likely N-dealkylation sites (tertiary alicyclic amines) is 2. The first kappa shape index (κ1) is 36.1. The molecular weight excluding hydrogens is 701 g/mol. The van der Waals surface area contributed by atoms with Crippen LogP contribution >= 0.6 is 0 Å². The summed E-state index contributed by atoms with van der Waals surface area (Å²) in [6, 6.07) is 31.2. The van der Waals surface area contributed by atoms with Crippen molar-refractivity contribution in [2.75, 3.05) is 18.5 Å². The van der Waals surface area contributed by atoms with Gasteiger partial charge in [0, 0.05) is 31.6 Å². The van der Waals surface area contributed by atoms with Crippen LogP contribution in [0.4, 0.5) is 5.69 Å². The van der Waals surface area contributed by atoms with Crippen LogP contribution in [0, 0.1) is 44.4 Å². The van der Waals surface area contributed by atoms with Crippen molar-refractivity contribution in [1.29, 1.82) is 0 Å². The Morgan fingerprint density at radius 2 is 1.41 bits per heavy atom. The molecule has 9 nitrogen and oxygen atoms in total. The third kappa shape index (κ3) is 5.61. The van der Waals surface area contributed by atoms with Crippen molar-refractivity contribution in [2.24, 2.45) is 23.7 Å². The molecule has 3 saturated heterocycles. The lowest BCUT2D eigenvalue weighted by Crippen LogP contribution is -2.53. The number of benzene rings is 4. The van der Waals surface area contributed by atoms with Crippen LogP contribution in [0.15, 0.2) is 109 Å². The van der Waals surface area contributed by atoms with Gasteiger partial charge >= 0.3 is 0 Å². The average molecular weight is 749 g/mol. The molecule has 3 heterocycles. The number of allylic oxidation sites excluding steroid dienone is 2. The van der Waals surface area contributed by atoms with Crippen molar-refractivity contribution in [3.63, 3.8) is 0 Å². The summed E-state index contributed by atoms with van der Waals surface area (Å²) in [6.07, 6.45) is 4.19. The first-order valence-corrected chi connectivity index (χ1v) is 20.0. The second-order valence-corrected chi connectivity index (χ2v) is 16.6. The van der Waals surface area contributed by atoms with Gasteiger partial charge in [0.1, 0.15) is 5.75 Å². The van der Waals surface area contributed by atoms with E-state index in [1.165, 1.54) is 10.6 Å². The van der Waals surface area contributed by atoms with E-state index in [4.69, 9.17) is 0 Å². The molecule has 4 aromatic rings. The average Bonchev–Trinajstić information content (AvgIpc) is 3.59. The second kappa shape index (κ2) is 13.9. The molecule has 9 heteroatoms. The number of hydrogen-bond acceptors (Lipinski definition) is 7. The lowest BCUT2D eigenvalue weighted by molar-refractivity contribution is -0.144. The van der Waals surface area contributed by atoms with Gasteiger partial charge in [0.2, 0.25) is 11.8 Å². The number of phenolic OH excluding ortho intramolecular Hbond substituents is 1. The van der Waals surface area contributed by atoms with Crippen LogP contribution in [0.5, 0.6) is 5.75 Å². The van der Waals surface area contributed by atoms with Crippen molar-refractivity contribution in [2.45, 2.75) is 70.4 Å². The molecule has 4 amide bonds. The number of amides is 4. The highest BCUT2D eigenvalue weighted by Gasteiger charge is 2.70. The van der Waals surface area contributed by atoms with Crippen molar-refractivity contribution in [3.05, 3.63) is 142 Å². The van der Waals surface area contributed by atoms with E-state index in [9.17, 15) is 19.5 Å². The highest BCUT2D eigenvalue weighted by atomic mass is 16.3. The Morgan fingerprint density at radius 1 is 0.768 bits per heavy atom. The fourth-order valence-corrected chi connectivity index (χ4v) is 10.8. The van der Waals surface area contributed by atoms with E-state index in [0.717, 1.165) is 54.7 Å². The minimum atomic E-state index is -1.35. The molecule has 4 aromatic carbocycles. The Labute approximate surface area is 328 Å². The van der Waals surface area contributed by atoms with Crippen LogP contribution in [0.2, 0.25) is 0 Å². The van der Waals surface area contributed by atoms with Gasteiger partial charge in [0.05, 0.1) is 28.9 Å². The van der Waals surface area contributed by atoms with E-state index in [-0.39, 0.29) is 41.8 Å². The number of carbonyl (C=O) groups is 4. The first-order valence-electron chi connectivity index (χ1n) is 20.0. The van der Waals surface area contributed by atoms with Gasteiger partial charge in [0.25, 0.3) is 11.8 Å². The van der Waals surface area contributed by atoms with E-state index in [2.05, 4.69) is 28.5 Å². The van der Waals surface area contributed by atoms with Gasteiger partial charge in [-0.15, -0.1) is 0 Å². The molecular formula is C47H48N4O5. The first-order chi connectivity index (χ1) is 27.1. The van der Waals surface area contributed by atoms with Crippen LogP contribution in [0.1, 0.15) is 65.0 Å². The number of aromatic hydroxyl groups is 1. The molecule has 3 aliphatic heterocycles. The number of imide groups is 2. The van der Waals surface area contributed by atoms with E-state index < -0.39 is 35.0 Å². The van der Waals surface area contributed by atoms with Crippen LogP contribution in [0.25, 0.3) is 0 Å². The van der Waals surface area contributed by atoms with E-state index in [0.29, 0.717) is 23.2 Å².